The Hall–Kier alpha value is -1.91. The molecule has 0 aliphatic rings. The van der Waals surface area contributed by atoms with E-state index < -0.39 is 23.7 Å². The fraction of sp³-hybridized carbons (Fsp3) is 0.333. The molecule has 1 atom stereocenters. The number of amides is 1. The van der Waals surface area contributed by atoms with Gasteiger partial charge in [0.25, 0.3) is 5.91 Å². The number of carboxylic acids is 1. The van der Waals surface area contributed by atoms with Crippen LogP contribution in [0.5, 0.6) is 0 Å². The van der Waals surface area contributed by atoms with Crippen LogP contribution in [-0.4, -0.2) is 35.0 Å². The number of carboxylic acid groups (broad SMARTS) is 1. The molecule has 0 heterocycles. The first kappa shape index (κ1) is 13.2. The summed E-state index contributed by atoms with van der Waals surface area (Å²) >= 11 is 0. The van der Waals surface area contributed by atoms with Crippen LogP contribution in [0.15, 0.2) is 18.2 Å². The molecule has 17 heavy (non-hydrogen) atoms. The molecule has 1 aromatic carbocycles. The van der Waals surface area contributed by atoms with Crippen LogP contribution in [0, 0.1) is 12.7 Å². The first-order valence-corrected chi connectivity index (χ1v) is 5.10. The van der Waals surface area contributed by atoms with Crippen molar-refractivity contribution in [1.82, 2.24) is 4.90 Å². The Labute approximate surface area is 98.7 Å². The summed E-state index contributed by atoms with van der Waals surface area (Å²) in [5.41, 5.74) is 0.583. The van der Waals surface area contributed by atoms with Crippen LogP contribution in [0.4, 0.5) is 4.39 Å². The van der Waals surface area contributed by atoms with E-state index >= 15 is 0 Å². The van der Waals surface area contributed by atoms with Crippen molar-refractivity contribution in [2.24, 2.45) is 0 Å². The van der Waals surface area contributed by atoms with Gasteiger partial charge >= 0.3 is 5.97 Å². The van der Waals surface area contributed by atoms with Crippen LogP contribution >= 0.6 is 0 Å². The maximum atomic E-state index is 13.3. The fourth-order valence-electron chi connectivity index (χ4n) is 1.27. The lowest BCUT2D eigenvalue weighted by atomic mass is 10.1. The Morgan fingerprint density at radius 3 is 2.47 bits per heavy atom. The van der Waals surface area contributed by atoms with Gasteiger partial charge in [-0.1, -0.05) is 6.07 Å². The average Bonchev–Trinajstić information content (AvgIpc) is 2.29. The molecule has 4 nitrogen and oxygen atoms in total. The molecule has 1 aromatic rings. The molecule has 0 saturated carbocycles. The lowest BCUT2D eigenvalue weighted by Gasteiger charge is -2.21. The van der Waals surface area contributed by atoms with E-state index in [1.54, 1.807) is 6.92 Å². The maximum absolute atomic E-state index is 13.3. The third-order valence-corrected chi connectivity index (χ3v) is 2.68. The Bertz CT molecular complexity index is 459. The number of nitrogens with zero attached hydrogens (tertiary/aromatic N) is 1. The van der Waals surface area contributed by atoms with Gasteiger partial charge in [-0.05, 0) is 31.5 Å². The second kappa shape index (κ2) is 4.95. The number of halogens is 1. The zero-order valence-corrected chi connectivity index (χ0v) is 9.90. The van der Waals surface area contributed by atoms with Crippen LogP contribution in [0.1, 0.15) is 22.8 Å². The van der Waals surface area contributed by atoms with Gasteiger partial charge in [-0.25, -0.2) is 9.18 Å². The first-order chi connectivity index (χ1) is 7.84. The smallest absolute Gasteiger partial charge is 0.326 e. The molecule has 0 aliphatic heterocycles. The summed E-state index contributed by atoms with van der Waals surface area (Å²) in [5.74, 6) is -2.10. The minimum Gasteiger partial charge on any atom is -0.480 e. The zero-order valence-electron chi connectivity index (χ0n) is 9.90. The highest BCUT2D eigenvalue weighted by molar-refractivity contribution is 5.96. The lowest BCUT2D eigenvalue weighted by molar-refractivity contribution is -0.141. The second-order valence-corrected chi connectivity index (χ2v) is 3.89. The molecule has 1 amide bonds. The predicted molar refractivity (Wildman–Crippen MR) is 60.3 cm³/mol. The van der Waals surface area contributed by atoms with Crippen molar-refractivity contribution in [1.29, 1.82) is 0 Å². The summed E-state index contributed by atoms with van der Waals surface area (Å²) < 4.78 is 13.3. The number of rotatable bonds is 3. The van der Waals surface area contributed by atoms with Crippen LogP contribution < -0.4 is 0 Å². The molecule has 1 N–H and O–H groups in total. The van der Waals surface area contributed by atoms with Gasteiger partial charge in [0.05, 0.1) is 0 Å². The van der Waals surface area contributed by atoms with Gasteiger partial charge in [0.1, 0.15) is 11.9 Å². The maximum Gasteiger partial charge on any atom is 0.326 e. The quantitative estimate of drug-likeness (QED) is 0.873. The topological polar surface area (TPSA) is 57.6 Å². The summed E-state index contributed by atoms with van der Waals surface area (Å²) in [6, 6.07) is 3.13. The van der Waals surface area contributed by atoms with E-state index in [0.717, 1.165) is 11.0 Å². The van der Waals surface area contributed by atoms with E-state index in [2.05, 4.69) is 0 Å². The van der Waals surface area contributed by atoms with Gasteiger partial charge in [-0.15, -0.1) is 0 Å². The van der Waals surface area contributed by atoms with Crippen molar-refractivity contribution in [2.75, 3.05) is 7.05 Å². The summed E-state index contributed by atoms with van der Waals surface area (Å²) in [4.78, 5) is 23.6. The van der Waals surface area contributed by atoms with Crippen molar-refractivity contribution in [3.05, 3.63) is 35.1 Å². The SMILES string of the molecule is Cc1ccc(C(=O)N(C)C(C)C(=O)O)cc1F. The summed E-state index contributed by atoms with van der Waals surface area (Å²) in [6.45, 7) is 2.98. The fourth-order valence-corrected chi connectivity index (χ4v) is 1.27. The van der Waals surface area contributed by atoms with E-state index in [1.807, 2.05) is 0 Å². The highest BCUT2D eigenvalue weighted by Crippen LogP contribution is 2.12. The summed E-state index contributed by atoms with van der Waals surface area (Å²) in [7, 11) is 1.37. The Morgan fingerprint density at radius 1 is 1.41 bits per heavy atom. The molecule has 0 spiro atoms. The van der Waals surface area contributed by atoms with Gasteiger partial charge < -0.3 is 10.0 Å². The molecule has 0 bridgehead atoms. The van der Waals surface area contributed by atoms with Gasteiger partial charge in [-0.2, -0.15) is 0 Å². The number of aliphatic carboxylic acids is 1. The third kappa shape index (κ3) is 2.81. The predicted octanol–water partition coefficient (Wildman–Crippen LogP) is 1.68. The van der Waals surface area contributed by atoms with Crippen LogP contribution in [0.3, 0.4) is 0 Å². The van der Waals surface area contributed by atoms with Gasteiger partial charge in [0, 0.05) is 12.6 Å². The molecule has 5 heteroatoms. The number of hydrogen-bond acceptors (Lipinski definition) is 2. The van der Waals surface area contributed by atoms with Crippen molar-refractivity contribution in [2.45, 2.75) is 19.9 Å². The average molecular weight is 239 g/mol. The molecule has 1 rings (SSSR count). The van der Waals surface area contributed by atoms with Crippen molar-refractivity contribution in [3.63, 3.8) is 0 Å². The number of aryl methyl sites for hydroxylation is 1. The molecule has 92 valence electrons. The van der Waals surface area contributed by atoms with Crippen molar-refractivity contribution >= 4 is 11.9 Å². The van der Waals surface area contributed by atoms with Crippen molar-refractivity contribution < 1.29 is 19.1 Å². The van der Waals surface area contributed by atoms with E-state index in [9.17, 15) is 14.0 Å². The largest absolute Gasteiger partial charge is 0.480 e. The molecule has 0 radical (unpaired) electrons. The Morgan fingerprint density at radius 2 is 2.00 bits per heavy atom. The Balaban J connectivity index is 2.96. The van der Waals surface area contributed by atoms with Crippen molar-refractivity contribution in [3.8, 4) is 0 Å². The second-order valence-electron chi connectivity index (χ2n) is 3.89. The standard InChI is InChI=1S/C12H14FNO3/c1-7-4-5-9(6-10(7)13)11(15)14(3)8(2)12(16)17/h4-6,8H,1-3H3,(H,16,17). The van der Waals surface area contributed by atoms with E-state index in [0.29, 0.717) is 5.56 Å². The molecule has 0 fully saturated rings. The molecular formula is C12H14FNO3. The summed E-state index contributed by atoms with van der Waals surface area (Å²) in [5, 5.41) is 8.78. The number of hydrogen-bond donors (Lipinski definition) is 1. The van der Waals surface area contributed by atoms with Gasteiger partial charge in [0.15, 0.2) is 0 Å². The number of carbonyl (C=O) groups excluding carboxylic acids is 1. The minimum atomic E-state index is -1.10. The first-order valence-electron chi connectivity index (χ1n) is 5.10. The number of benzene rings is 1. The third-order valence-electron chi connectivity index (χ3n) is 2.68. The highest BCUT2D eigenvalue weighted by Gasteiger charge is 2.23. The molecular weight excluding hydrogens is 225 g/mol. The van der Waals surface area contributed by atoms with E-state index in [1.165, 1.54) is 26.1 Å². The molecule has 1 unspecified atom stereocenters. The minimum absolute atomic E-state index is 0.142. The van der Waals surface area contributed by atoms with E-state index in [-0.39, 0.29) is 5.56 Å². The normalized spacial score (nSPS) is 12.0. The zero-order chi connectivity index (χ0) is 13.2. The number of carbonyl (C=O) groups is 2. The molecule has 0 aliphatic carbocycles. The molecule has 0 saturated heterocycles. The van der Waals surface area contributed by atoms with Gasteiger partial charge in [-0.3, -0.25) is 4.79 Å². The Kier molecular flexibility index (Phi) is 3.83. The van der Waals surface area contributed by atoms with Crippen LogP contribution in [-0.2, 0) is 4.79 Å². The van der Waals surface area contributed by atoms with Crippen LogP contribution in [0.25, 0.3) is 0 Å². The molecule has 0 aromatic heterocycles. The highest BCUT2D eigenvalue weighted by atomic mass is 19.1. The number of likely N-dealkylation sites (N-methyl/N-ethyl adjacent to an activating group) is 1. The summed E-state index contributed by atoms with van der Waals surface area (Å²) in [6.07, 6.45) is 0. The van der Waals surface area contributed by atoms with E-state index in [4.69, 9.17) is 5.11 Å². The van der Waals surface area contributed by atoms with Crippen LogP contribution in [0.2, 0.25) is 0 Å². The van der Waals surface area contributed by atoms with Gasteiger partial charge in [0.2, 0.25) is 0 Å². The lowest BCUT2D eigenvalue weighted by Crippen LogP contribution is -2.40. The monoisotopic (exact) mass is 239 g/mol.